The first-order chi connectivity index (χ1) is 6.45. The molecule has 0 aliphatic heterocycles. The number of halogens is 1. The number of hydrogen-bond acceptors (Lipinski definition) is 3. The summed E-state index contributed by atoms with van der Waals surface area (Å²) in [4.78, 5) is 24.5. The summed E-state index contributed by atoms with van der Waals surface area (Å²) < 4.78 is 13.2. The second-order valence-corrected chi connectivity index (χ2v) is 2.56. The zero-order valence-corrected chi connectivity index (χ0v) is 7.11. The van der Waals surface area contributed by atoms with Gasteiger partial charge in [-0.1, -0.05) is 0 Å². The lowest BCUT2D eigenvalue weighted by Gasteiger charge is -2.03. The van der Waals surface area contributed by atoms with Crippen LogP contribution in [0.15, 0.2) is 6.20 Å². The fourth-order valence-electron chi connectivity index (χ4n) is 0.953. The van der Waals surface area contributed by atoms with E-state index in [1.54, 1.807) is 0 Å². The molecule has 0 radical (unpaired) electrons. The molecule has 2 N–H and O–H groups in total. The molecule has 0 fully saturated rings. The highest BCUT2D eigenvalue weighted by Gasteiger charge is 2.22. The van der Waals surface area contributed by atoms with E-state index in [9.17, 15) is 14.0 Å². The molecule has 0 saturated carbocycles. The van der Waals surface area contributed by atoms with Gasteiger partial charge in [0.15, 0.2) is 5.82 Å². The van der Waals surface area contributed by atoms with Crippen molar-refractivity contribution in [3.63, 3.8) is 0 Å². The summed E-state index contributed by atoms with van der Waals surface area (Å²) in [5.41, 5.74) is -1.65. The second-order valence-electron chi connectivity index (χ2n) is 2.56. The standard InChI is InChI=1S/C8H6FNO4/c1-3-6(9)5(8(13)14)4(2-10-3)7(11)12/h2H,1H3,(H,11,12)(H,13,14). The average molecular weight is 199 g/mol. The van der Waals surface area contributed by atoms with Crippen molar-refractivity contribution >= 4 is 11.9 Å². The lowest BCUT2D eigenvalue weighted by atomic mass is 10.1. The van der Waals surface area contributed by atoms with E-state index in [1.165, 1.54) is 6.92 Å². The molecule has 0 spiro atoms. The number of carboxylic acid groups (broad SMARTS) is 2. The molecule has 0 aliphatic rings. The molecule has 0 unspecified atom stereocenters. The van der Waals surface area contributed by atoms with Gasteiger partial charge in [-0.25, -0.2) is 14.0 Å². The molecular formula is C8H6FNO4. The van der Waals surface area contributed by atoms with E-state index in [2.05, 4.69) is 4.98 Å². The van der Waals surface area contributed by atoms with Gasteiger partial charge < -0.3 is 10.2 Å². The normalized spacial score (nSPS) is 9.86. The summed E-state index contributed by atoms with van der Waals surface area (Å²) >= 11 is 0. The quantitative estimate of drug-likeness (QED) is 0.739. The minimum Gasteiger partial charge on any atom is -0.478 e. The Hall–Kier alpha value is -1.98. The third kappa shape index (κ3) is 1.54. The highest BCUT2D eigenvalue weighted by Crippen LogP contribution is 2.15. The molecule has 6 heteroatoms. The van der Waals surface area contributed by atoms with Crippen LogP contribution >= 0.6 is 0 Å². The van der Waals surface area contributed by atoms with E-state index >= 15 is 0 Å². The van der Waals surface area contributed by atoms with Gasteiger partial charge in [0.1, 0.15) is 5.56 Å². The van der Waals surface area contributed by atoms with Crippen LogP contribution in [-0.4, -0.2) is 27.1 Å². The van der Waals surface area contributed by atoms with Gasteiger partial charge in [0, 0.05) is 6.20 Å². The first-order valence-electron chi connectivity index (χ1n) is 3.56. The van der Waals surface area contributed by atoms with Gasteiger partial charge in [-0.15, -0.1) is 0 Å². The third-order valence-electron chi connectivity index (χ3n) is 1.64. The maximum Gasteiger partial charge on any atom is 0.339 e. The van der Waals surface area contributed by atoms with Crippen LogP contribution in [0.2, 0.25) is 0 Å². The first kappa shape index (κ1) is 10.1. The van der Waals surface area contributed by atoms with Crippen molar-refractivity contribution in [2.45, 2.75) is 6.92 Å². The van der Waals surface area contributed by atoms with Gasteiger partial charge in [-0.05, 0) is 6.92 Å². The zero-order valence-electron chi connectivity index (χ0n) is 7.11. The van der Waals surface area contributed by atoms with Crippen LogP contribution < -0.4 is 0 Å². The highest BCUT2D eigenvalue weighted by molar-refractivity contribution is 6.01. The van der Waals surface area contributed by atoms with E-state index in [1.807, 2.05) is 0 Å². The molecule has 1 rings (SSSR count). The van der Waals surface area contributed by atoms with E-state index < -0.39 is 28.9 Å². The molecule has 1 aromatic heterocycles. The summed E-state index contributed by atoms with van der Waals surface area (Å²) in [6, 6.07) is 0. The first-order valence-corrected chi connectivity index (χ1v) is 3.56. The molecule has 0 bridgehead atoms. The van der Waals surface area contributed by atoms with Crippen LogP contribution in [0, 0.1) is 12.7 Å². The van der Waals surface area contributed by atoms with Crippen LogP contribution in [0.5, 0.6) is 0 Å². The summed E-state index contributed by atoms with van der Waals surface area (Å²) in [6.45, 7) is 1.26. The van der Waals surface area contributed by atoms with Crippen LogP contribution in [-0.2, 0) is 0 Å². The smallest absolute Gasteiger partial charge is 0.339 e. The van der Waals surface area contributed by atoms with Crippen molar-refractivity contribution in [1.29, 1.82) is 0 Å². The fraction of sp³-hybridized carbons (Fsp3) is 0.125. The lowest BCUT2D eigenvalue weighted by molar-refractivity contribution is 0.0646. The lowest BCUT2D eigenvalue weighted by Crippen LogP contribution is -2.12. The summed E-state index contributed by atoms with van der Waals surface area (Å²) in [6.07, 6.45) is 0.824. The molecule has 5 nitrogen and oxygen atoms in total. The average Bonchev–Trinajstić information content (AvgIpc) is 2.08. The summed E-state index contributed by atoms with van der Waals surface area (Å²) in [5.74, 6) is -4.25. The predicted octanol–water partition coefficient (Wildman–Crippen LogP) is 0.926. The maximum atomic E-state index is 13.2. The zero-order chi connectivity index (χ0) is 10.9. The SMILES string of the molecule is Cc1ncc(C(=O)O)c(C(=O)O)c1F. The van der Waals surface area contributed by atoms with E-state index in [-0.39, 0.29) is 5.69 Å². The van der Waals surface area contributed by atoms with Gasteiger partial charge in [-0.2, -0.15) is 0 Å². The van der Waals surface area contributed by atoms with Crippen molar-refractivity contribution in [1.82, 2.24) is 4.98 Å². The minimum absolute atomic E-state index is 0.146. The Morgan fingerprint density at radius 3 is 2.36 bits per heavy atom. The van der Waals surface area contributed by atoms with Gasteiger partial charge in [0.2, 0.25) is 0 Å². The van der Waals surface area contributed by atoms with Crippen molar-refractivity contribution in [3.05, 3.63) is 28.8 Å². The molecule has 1 aromatic rings. The summed E-state index contributed by atoms with van der Waals surface area (Å²) in [5, 5.41) is 17.1. The van der Waals surface area contributed by atoms with Crippen molar-refractivity contribution in [3.8, 4) is 0 Å². The van der Waals surface area contributed by atoms with Gasteiger partial charge in [-0.3, -0.25) is 4.98 Å². The Kier molecular flexibility index (Phi) is 2.46. The van der Waals surface area contributed by atoms with Crippen molar-refractivity contribution in [2.75, 3.05) is 0 Å². The highest BCUT2D eigenvalue weighted by atomic mass is 19.1. The third-order valence-corrected chi connectivity index (χ3v) is 1.64. The predicted molar refractivity (Wildman–Crippen MR) is 42.9 cm³/mol. The molecule has 0 saturated heterocycles. The van der Waals surface area contributed by atoms with Gasteiger partial charge in [0.05, 0.1) is 11.3 Å². The number of nitrogens with zero attached hydrogens (tertiary/aromatic N) is 1. The van der Waals surface area contributed by atoms with Crippen LogP contribution in [0.4, 0.5) is 4.39 Å². The monoisotopic (exact) mass is 199 g/mol. The topological polar surface area (TPSA) is 87.5 Å². The molecule has 74 valence electrons. The largest absolute Gasteiger partial charge is 0.478 e. The molecule has 1 heterocycles. The van der Waals surface area contributed by atoms with Crippen LogP contribution in [0.1, 0.15) is 26.4 Å². The number of rotatable bonds is 2. The van der Waals surface area contributed by atoms with E-state index in [0.29, 0.717) is 0 Å². The van der Waals surface area contributed by atoms with Crippen molar-refractivity contribution in [2.24, 2.45) is 0 Å². The fourth-order valence-corrected chi connectivity index (χ4v) is 0.953. The van der Waals surface area contributed by atoms with E-state index in [4.69, 9.17) is 10.2 Å². The molecule has 0 aliphatic carbocycles. The summed E-state index contributed by atoms with van der Waals surface area (Å²) in [7, 11) is 0. The van der Waals surface area contributed by atoms with Crippen LogP contribution in [0.3, 0.4) is 0 Å². The van der Waals surface area contributed by atoms with Gasteiger partial charge >= 0.3 is 11.9 Å². The van der Waals surface area contributed by atoms with Crippen molar-refractivity contribution < 1.29 is 24.2 Å². The number of aryl methyl sites for hydroxylation is 1. The van der Waals surface area contributed by atoms with Crippen LogP contribution in [0.25, 0.3) is 0 Å². The molecule has 0 aromatic carbocycles. The number of hydrogen-bond donors (Lipinski definition) is 2. The number of aromatic nitrogens is 1. The maximum absolute atomic E-state index is 13.2. The van der Waals surface area contributed by atoms with E-state index in [0.717, 1.165) is 6.20 Å². The number of aromatic carboxylic acids is 2. The Balaban J connectivity index is 3.53. The molecular weight excluding hydrogens is 193 g/mol. The number of carboxylic acids is 2. The second kappa shape index (κ2) is 3.41. The Morgan fingerprint density at radius 1 is 1.36 bits per heavy atom. The van der Waals surface area contributed by atoms with Gasteiger partial charge in [0.25, 0.3) is 0 Å². The Labute approximate surface area is 77.8 Å². The Morgan fingerprint density at radius 2 is 1.93 bits per heavy atom. The Bertz CT molecular complexity index is 416. The molecule has 0 atom stereocenters. The number of pyridine rings is 1. The molecule has 14 heavy (non-hydrogen) atoms. The number of carbonyl (C=O) groups is 2. The minimum atomic E-state index is -1.62. The molecule has 0 amide bonds.